The van der Waals surface area contributed by atoms with E-state index in [0.717, 1.165) is 12.1 Å². The summed E-state index contributed by atoms with van der Waals surface area (Å²) >= 11 is 0. The first-order valence-electron chi connectivity index (χ1n) is 15.7. The van der Waals surface area contributed by atoms with Gasteiger partial charge in [-0.05, 0) is 49.6 Å². The Bertz CT molecular complexity index is 1670. The maximum Gasteiger partial charge on any atom is 0.416 e. The summed E-state index contributed by atoms with van der Waals surface area (Å²) in [7, 11) is 1.46. The minimum Gasteiger partial charge on any atom is -0.481 e. The molecule has 1 N–H and O–H groups in total. The minimum absolute atomic E-state index is 0.0000686. The van der Waals surface area contributed by atoms with Gasteiger partial charge in [-0.3, -0.25) is 15.0 Å². The van der Waals surface area contributed by atoms with Gasteiger partial charge in [0.15, 0.2) is 0 Å². The second kappa shape index (κ2) is 14.4. The maximum absolute atomic E-state index is 14.0. The molecule has 15 heteroatoms. The van der Waals surface area contributed by atoms with Gasteiger partial charge in [-0.1, -0.05) is 6.92 Å². The van der Waals surface area contributed by atoms with Crippen LogP contribution < -0.4 is 19.9 Å². The molecule has 3 atom stereocenters. The number of fused-ring (bicyclic) bond motifs is 1. The van der Waals surface area contributed by atoms with Gasteiger partial charge in [-0.2, -0.15) is 18.4 Å². The third kappa shape index (κ3) is 7.28. The van der Waals surface area contributed by atoms with E-state index in [-0.39, 0.29) is 41.4 Å². The van der Waals surface area contributed by atoms with E-state index in [2.05, 4.69) is 20.3 Å². The van der Waals surface area contributed by atoms with Gasteiger partial charge < -0.3 is 19.3 Å². The second-order valence-electron chi connectivity index (χ2n) is 11.5. The standard InChI is InChI=1S/C33H37F3N8O4/c1-5-24-16-26(30-27(7-8-28(41-30)47-4)44(24)32(46)48-6-2)40-29(22-13-21(17-37)14-23(15-22)33(34,35)36)31-38-18-25(19-39-31)43-11-9-42(10-12-43)20(3)45/h7-8,13-15,18-19,24,26,29,40H,5-6,9-12,16H2,1-4H3/t24-,26+,29?/m1/s1. The van der Waals surface area contributed by atoms with Crippen LogP contribution in [0.5, 0.6) is 5.88 Å². The fraction of sp³-hybridized carbons (Fsp3) is 0.455. The molecule has 5 rings (SSSR count). The molecule has 0 radical (unpaired) electrons. The molecule has 2 aliphatic heterocycles. The summed E-state index contributed by atoms with van der Waals surface area (Å²) in [4.78, 5) is 44.1. The smallest absolute Gasteiger partial charge is 0.416 e. The zero-order valence-electron chi connectivity index (χ0n) is 27.1. The first-order chi connectivity index (χ1) is 23.0. The molecule has 1 unspecified atom stereocenters. The number of nitriles is 1. The van der Waals surface area contributed by atoms with Gasteiger partial charge in [-0.15, -0.1) is 0 Å². The van der Waals surface area contributed by atoms with Crippen LogP contribution in [0.25, 0.3) is 0 Å². The van der Waals surface area contributed by atoms with Crippen molar-refractivity contribution < 1.29 is 32.2 Å². The van der Waals surface area contributed by atoms with Crippen LogP contribution in [-0.2, 0) is 15.7 Å². The number of nitrogens with one attached hydrogen (secondary N) is 1. The van der Waals surface area contributed by atoms with E-state index in [1.165, 1.54) is 20.1 Å². The second-order valence-corrected chi connectivity index (χ2v) is 11.5. The summed E-state index contributed by atoms with van der Waals surface area (Å²) in [5, 5.41) is 13.1. The molecule has 1 saturated heterocycles. The van der Waals surface area contributed by atoms with Crippen molar-refractivity contribution in [2.45, 2.75) is 57.9 Å². The van der Waals surface area contributed by atoms with Crippen LogP contribution in [-0.4, -0.2) is 77.8 Å². The molecule has 4 heterocycles. The lowest BCUT2D eigenvalue weighted by Crippen LogP contribution is -2.48. The topological polar surface area (TPSA) is 137 Å². The van der Waals surface area contributed by atoms with Crippen LogP contribution in [0.2, 0.25) is 0 Å². The number of halogens is 3. The Hall–Kier alpha value is -4.97. The van der Waals surface area contributed by atoms with Crippen LogP contribution in [0.4, 0.5) is 29.3 Å². The van der Waals surface area contributed by atoms with Gasteiger partial charge in [0.1, 0.15) is 5.82 Å². The molecule has 0 saturated carbocycles. The highest BCUT2D eigenvalue weighted by atomic mass is 19.4. The Kier molecular flexibility index (Phi) is 10.3. The van der Waals surface area contributed by atoms with Gasteiger partial charge in [-0.25, -0.2) is 19.7 Å². The molecule has 48 heavy (non-hydrogen) atoms. The number of carbonyl (C=O) groups is 2. The number of hydrogen-bond donors (Lipinski definition) is 1. The van der Waals surface area contributed by atoms with Gasteiger partial charge >= 0.3 is 12.3 Å². The molecule has 2 amide bonds. The molecule has 12 nitrogen and oxygen atoms in total. The monoisotopic (exact) mass is 666 g/mol. The van der Waals surface area contributed by atoms with Gasteiger partial charge in [0.25, 0.3) is 0 Å². The van der Waals surface area contributed by atoms with E-state index < -0.39 is 29.9 Å². The molecule has 254 valence electrons. The van der Waals surface area contributed by atoms with Crippen LogP contribution in [0, 0.1) is 11.3 Å². The van der Waals surface area contributed by atoms with E-state index in [9.17, 15) is 28.0 Å². The minimum atomic E-state index is -4.71. The van der Waals surface area contributed by atoms with E-state index in [4.69, 9.17) is 9.47 Å². The molecule has 2 aromatic heterocycles. The summed E-state index contributed by atoms with van der Waals surface area (Å²) in [6, 6.07) is 6.40. The molecule has 0 spiro atoms. The van der Waals surface area contributed by atoms with Crippen LogP contribution in [0.1, 0.15) is 73.9 Å². The summed E-state index contributed by atoms with van der Waals surface area (Å²) < 4.78 is 52.9. The zero-order chi connectivity index (χ0) is 34.6. The van der Waals surface area contributed by atoms with E-state index in [1.54, 1.807) is 41.2 Å². The Morgan fingerprint density at radius 3 is 2.40 bits per heavy atom. The predicted molar refractivity (Wildman–Crippen MR) is 169 cm³/mol. The molecule has 3 aromatic rings. The number of nitrogens with zero attached hydrogens (tertiary/aromatic N) is 7. The molecule has 1 aromatic carbocycles. The first-order valence-corrected chi connectivity index (χ1v) is 15.7. The fourth-order valence-electron chi connectivity index (χ4n) is 6.14. The largest absolute Gasteiger partial charge is 0.481 e. The maximum atomic E-state index is 14.0. The summed E-state index contributed by atoms with van der Waals surface area (Å²) in [5.74, 6) is 0.460. The molecule has 0 aliphatic carbocycles. The lowest BCUT2D eigenvalue weighted by atomic mass is 9.91. The van der Waals surface area contributed by atoms with Crippen LogP contribution in [0.15, 0.2) is 42.7 Å². The number of ether oxygens (including phenoxy) is 2. The van der Waals surface area contributed by atoms with Gasteiger partial charge in [0, 0.05) is 45.2 Å². The molecular formula is C33H37F3N8O4. The fourth-order valence-corrected chi connectivity index (χ4v) is 6.14. The highest BCUT2D eigenvalue weighted by Crippen LogP contribution is 2.41. The third-order valence-electron chi connectivity index (χ3n) is 8.60. The lowest BCUT2D eigenvalue weighted by molar-refractivity contribution is -0.137. The number of methoxy groups -OCH3 is 1. The van der Waals surface area contributed by atoms with E-state index in [0.29, 0.717) is 56.1 Å². The molecule has 2 aliphatic rings. The summed E-state index contributed by atoms with van der Waals surface area (Å²) in [6.45, 7) is 7.58. The number of benzene rings is 1. The van der Waals surface area contributed by atoms with Crippen molar-refractivity contribution in [3.05, 3.63) is 70.9 Å². The molecular weight excluding hydrogens is 629 g/mol. The number of hydrogen-bond acceptors (Lipinski definition) is 10. The van der Waals surface area contributed by atoms with Crippen molar-refractivity contribution >= 4 is 23.4 Å². The van der Waals surface area contributed by atoms with Crippen molar-refractivity contribution in [1.29, 1.82) is 5.26 Å². The highest BCUT2D eigenvalue weighted by Gasteiger charge is 2.40. The first kappa shape index (κ1) is 34.4. The van der Waals surface area contributed by atoms with Gasteiger partial charge in [0.05, 0.1) is 72.5 Å². The quantitative estimate of drug-likeness (QED) is 0.350. The number of anilines is 2. The predicted octanol–water partition coefficient (Wildman–Crippen LogP) is 5.00. The van der Waals surface area contributed by atoms with Crippen molar-refractivity contribution in [2.24, 2.45) is 0 Å². The SMILES string of the molecule is CCOC(=O)N1c2ccc(OC)nc2[C@@H](NC(c2cc(C#N)cc(C(F)(F)F)c2)c2ncc(N3CCN(C(C)=O)CC3)cn2)C[C@H]1CC. The van der Waals surface area contributed by atoms with Gasteiger partial charge in [0.2, 0.25) is 11.8 Å². The van der Waals surface area contributed by atoms with Crippen LogP contribution >= 0.6 is 0 Å². The number of aromatic nitrogens is 3. The summed E-state index contributed by atoms with van der Waals surface area (Å²) in [5.41, 5.74) is 0.598. The van der Waals surface area contributed by atoms with E-state index >= 15 is 0 Å². The zero-order valence-corrected chi connectivity index (χ0v) is 27.1. The number of pyridine rings is 1. The Balaban J connectivity index is 1.57. The normalized spacial score (nSPS) is 18.5. The average molecular weight is 667 g/mol. The Morgan fingerprint density at radius 1 is 1.10 bits per heavy atom. The lowest BCUT2D eigenvalue weighted by Gasteiger charge is -2.40. The highest BCUT2D eigenvalue weighted by molar-refractivity contribution is 5.90. The number of piperazine rings is 1. The molecule has 1 fully saturated rings. The number of carbonyl (C=O) groups excluding carboxylic acids is 2. The Morgan fingerprint density at radius 2 is 1.81 bits per heavy atom. The summed E-state index contributed by atoms with van der Waals surface area (Å²) in [6.07, 6.45) is -1.15. The van der Waals surface area contributed by atoms with E-state index in [1.807, 2.05) is 17.9 Å². The third-order valence-corrected chi connectivity index (χ3v) is 8.60. The van der Waals surface area contributed by atoms with Crippen molar-refractivity contribution in [3.8, 4) is 11.9 Å². The van der Waals surface area contributed by atoms with Crippen molar-refractivity contribution in [1.82, 2.24) is 25.2 Å². The number of amides is 2. The Labute approximate surface area is 276 Å². The van der Waals surface area contributed by atoms with Crippen molar-refractivity contribution in [2.75, 3.05) is 49.7 Å². The number of alkyl halides is 3. The molecule has 0 bridgehead atoms. The average Bonchev–Trinajstić information content (AvgIpc) is 3.09. The number of rotatable bonds is 8. The van der Waals surface area contributed by atoms with Crippen LogP contribution in [0.3, 0.4) is 0 Å². The van der Waals surface area contributed by atoms with Crippen molar-refractivity contribution in [3.63, 3.8) is 0 Å².